The van der Waals surface area contributed by atoms with Crippen LogP contribution >= 0.6 is 0 Å². The van der Waals surface area contributed by atoms with Crippen LogP contribution in [-0.4, -0.2) is 133 Å². The van der Waals surface area contributed by atoms with Crippen LogP contribution in [0.4, 0.5) is 0 Å². The summed E-state index contributed by atoms with van der Waals surface area (Å²) >= 11 is 0. The van der Waals surface area contributed by atoms with Crippen molar-refractivity contribution in [2.75, 3.05) is 99.1 Å². The zero-order chi connectivity index (χ0) is 36.2. The summed E-state index contributed by atoms with van der Waals surface area (Å²) in [6.07, 6.45) is -0.620. The van der Waals surface area contributed by atoms with Crippen molar-refractivity contribution in [2.24, 2.45) is 5.41 Å². The number of aliphatic hydroxyl groups excluding tert-OH is 3. The van der Waals surface area contributed by atoms with Crippen LogP contribution in [-0.2, 0) is 28.4 Å². The van der Waals surface area contributed by atoms with Gasteiger partial charge in [-0.05, 0) is 42.8 Å². The molecule has 3 unspecified atom stereocenters. The standard InChI is InChI=1S/C39H56O12/c1-2-39(30-43-24-36(46-21-18-40)27-49-33-12-6-3-7-13-33,31-44-25-37(47-22-19-41)28-50-34-14-8-4-9-15-34)32-45-26-38(48-23-20-42)29-51-35-16-10-5-11-17-35/h3-17,36-38,40-42H,2,18-32H2,1H3. The topological polar surface area (TPSA) is 144 Å². The molecule has 0 bridgehead atoms. The molecular formula is C39H56O12. The Balaban J connectivity index is 1.64. The summed E-state index contributed by atoms with van der Waals surface area (Å²) in [6, 6.07) is 28.3. The Labute approximate surface area is 302 Å². The minimum Gasteiger partial charge on any atom is -0.491 e. The Morgan fingerprint density at radius 1 is 0.451 bits per heavy atom. The van der Waals surface area contributed by atoms with Crippen LogP contribution in [0.5, 0.6) is 17.2 Å². The van der Waals surface area contributed by atoms with Gasteiger partial charge in [-0.3, -0.25) is 0 Å². The first kappa shape index (κ1) is 42.1. The maximum absolute atomic E-state index is 9.39. The summed E-state index contributed by atoms with van der Waals surface area (Å²) in [5.74, 6) is 2.13. The first-order chi connectivity index (χ1) is 25.1. The molecule has 0 radical (unpaired) electrons. The largest absolute Gasteiger partial charge is 0.491 e. The molecule has 0 heterocycles. The molecule has 0 amide bonds. The second-order valence-corrected chi connectivity index (χ2v) is 11.9. The van der Waals surface area contributed by atoms with Crippen molar-refractivity contribution >= 4 is 0 Å². The lowest BCUT2D eigenvalue weighted by atomic mass is 9.88. The van der Waals surface area contributed by atoms with E-state index in [1.165, 1.54) is 0 Å². The monoisotopic (exact) mass is 716 g/mol. The van der Waals surface area contributed by atoms with Gasteiger partial charge in [0.15, 0.2) is 0 Å². The van der Waals surface area contributed by atoms with Crippen molar-refractivity contribution in [2.45, 2.75) is 31.7 Å². The molecule has 0 spiro atoms. The minimum absolute atomic E-state index is 0.122. The molecule has 3 atom stereocenters. The number of ether oxygens (including phenoxy) is 9. The van der Waals surface area contributed by atoms with E-state index in [-0.39, 0.29) is 99.1 Å². The van der Waals surface area contributed by atoms with Gasteiger partial charge in [0.1, 0.15) is 55.4 Å². The number of para-hydroxylation sites is 3. The quantitative estimate of drug-likeness (QED) is 0.0892. The molecule has 0 aliphatic carbocycles. The Bertz CT molecular complexity index is 1070. The molecule has 51 heavy (non-hydrogen) atoms. The van der Waals surface area contributed by atoms with E-state index < -0.39 is 23.7 Å². The van der Waals surface area contributed by atoms with E-state index in [9.17, 15) is 15.3 Å². The van der Waals surface area contributed by atoms with Crippen molar-refractivity contribution < 1.29 is 58.0 Å². The van der Waals surface area contributed by atoms with E-state index in [2.05, 4.69) is 0 Å². The lowest BCUT2D eigenvalue weighted by molar-refractivity contribution is -0.122. The third-order valence-electron chi connectivity index (χ3n) is 7.76. The van der Waals surface area contributed by atoms with E-state index >= 15 is 0 Å². The zero-order valence-corrected chi connectivity index (χ0v) is 29.7. The summed E-state index contributed by atoms with van der Waals surface area (Å²) in [5.41, 5.74) is -0.578. The van der Waals surface area contributed by atoms with Crippen molar-refractivity contribution in [1.29, 1.82) is 0 Å². The lowest BCUT2D eigenvalue weighted by Crippen LogP contribution is -2.41. The Kier molecular flexibility index (Phi) is 21.9. The molecule has 0 saturated heterocycles. The number of hydrogen-bond acceptors (Lipinski definition) is 12. The Hall–Kier alpha value is -3.30. The van der Waals surface area contributed by atoms with Gasteiger partial charge in [0.2, 0.25) is 0 Å². The highest BCUT2D eigenvalue weighted by Gasteiger charge is 2.32. The third-order valence-corrected chi connectivity index (χ3v) is 7.76. The number of aliphatic hydroxyl groups is 3. The van der Waals surface area contributed by atoms with Crippen molar-refractivity contribution in [3.63, 3.8) is 0 Å². The van der Waals surface area contributed by atoms with Crippen LogP contribution in [0.25, 0.3) is 0 Å². The summed E-state index contributed by atoms with van der Waals surface area (Å²) in [7, 11) is 0. The van der Waals surface area contributed by atoms with Crippen molar-refractivity contribution in [3.05, 3.63) is 91.0 Å². The van der Waals surface area contributed by atoms with Crippen molar-refractivity contribution in [1.82, 2.24) is 0 Å². The Morgan fingerprint density at radius 2 is 0.745 bits per heavy atom. The van der Waals surface area contributed by atoms with Gasteiger partial charge in [-0.25, -0.2) is 0 Å². The maximum Gasteiger partial charge on any atom is 0.119 e. The fourth-order valence-corrected chi connectivity index (χ4v) is 4.86. The van der Waals surface area contributed by atoms with Crippen LogP contribution in [0.2, 0.25) is 0 Å². The van der Waals surface area contributed by atoms with Gasteiger partial charge in [-0.15, -0.1) is 0 Å². The smallest absolute Gasteiger partial charge is 0.119 e. The van der Waals surface area contributed by atoms with Crippen LogP contribution in [0.15, 0.2) is 91.0 Å². The van der Waals surface area contributed by atoms with Crippen LogP contribution in [0, 0.1) is 5.41 Å². The molecule has 3 rings (SSSR count). The van der Waals surface area contributed by atoms with Gasteiger partial charge in [-0.2, -0.15) is 0 Å². The zero-order valence-electron chi connectivity index (χ0n) is 29.7. The van der Waals surface area contributed by atoms with E-state index in [1.54, 1.807) is 0 Å². The molecule has 0 aliphatic heterocycles. The lowest BCUT2D eigenvalue weighted by Gasteiger charge is -2.34. The minimum atomic E-state index is -0.578. The second-order valence-electron chi connectivity index (χ2n) is 11.9. The van der Waals surface area contributed by atoms with Crippen LogP contribution in [0.1, 0.15) is 13.3 Å². The predicted octanol–water partition coefficient (Wildman–Crippen LogP) is 3.80. The van der Waals surface area contributed by atoms with Gasteiger partial charge in [0, 0.05) is 5.41 Å². The first-order valence-corrected chi connectivity index (χ1v) is 17.5. The first-order valence-electron chi connectivity index (χ1n) is 17.5. The predicted molar refractivity (Wildman–Crippen MR) is 191 cm³/mol. The van der Waals surface area contributed by atoms with Gasteiger partial charge >= 0.3 is 0 Å². The number of rotatable bonds is 31. The molecule has 0 aliphatic rings. The van der Waals surface area contributed by atoms with Crippen LogP contribution < -0.4 is 14.2 Å². The fraction of sp³-hybridized carbons (Fsp3) is 0.538. The van der Waals surface area contributed by atoms with E-state index in [4.69, 9.17) is 42.6 Å². The van der Waals surface area contributed by atoms with Gasteiger partial charge < -0.3 is 58.0 Å². The average molecular weight is 717 g/mol. The van der Waals surface area contributed by atoms with E-state index in [1.807, 2.05) is 97.9 Å². The van der Waals surface area contributed by atoms with Gasteiger partial charge in [0.25, 0.3) is 0 Å². The highest BCUT2D eigenvalue weighted by molar-refractivity contribution is 5.22. The molecule has 12 nitrogen and oxygen atoms in total. The molecular weight excluding hydrogens is 660 g/mol. The second kappa shape index (κ2) is 26.5. The molecule has 3 aromatic carbocycles. The molecule has 3 N–H and O–H groups in total. The highest BCUT2D eigenvalue weighted by atomic mass is 16.6. The summed E-state index contributed by atoms with van der Waals surface area (Å²) in [4.78, 5) is 0. The van der Waals surface area contributed by atoms with E-state index in [0.29, 0.717) is 23.7 Å². The summed E-state index contributed by atoms with van der Waals surface area (Å²) in [6.45, 7) is 4.34. The summed E-state index contributed by atoms with van der Waals surface area (Å²) < 4.78 is 54.0. The highest BCUT2D eigenvalue weighted by Crippen LogP contribution is 2.25. The molecule has 12 heteroatoms. The fourth-order valence-electron chi connectivity index (χ4n) is 4.86. The number of benzene rings is 3. The van der Waals surface area contributed by atoms with Gasteiger partial charge in [0.05, 0.1) is 79.3 Å². The molecule has 0 aromatic heterocycles. The van der Waals surface area contributed by atoms with Gasteiger partial charge in [-0.1, -0.05) is 61.5 Å². The summed E-state index contributed by atoms with van der Waals surface area (Å²) in [5, 5.41) is 28.2. The molecule has 3 aromatic rings. The maximum atomic E-state index is 9.39. The molecule has 0 saturated carbocycles. The normalized spacial score (nSPS) is 14.4. The van der Waals surface area contributed by atoms with E-state index in [0.717, 1.165) is 0 Å². The molecule has 284 valence electrons. The third kappa shape index (κ3) is 18.2. The van der Waals surface area contributed by atoms with Crippen LogP contribution in [0.3, 0.4) is 0 Å². The SMILES string of the molecule is CCC(COCC(COc1ccccc1)OCCO)(COCC(COc1ccccc1)OCCO)COCC(COc1ccccc1)OCCO. The number of hydrogen-bond donors (Lipinski definition) is 3. The van der Waals surface area contributed by atoms with Crippen molar-refractivity contribution in [3.8, 4) is 17.2 Å². The molecule has 0 fully saturated rings. The Morgan fingerprint density at radius 3 is 1.00 bits per heavy atom. The average Bonchev–Trinajstić information content (AvgIpc) is 3.18.